The van der Waals surface area contributed by atoms with Crippen molar-refractivity contribution < 1.29 is 9.90 Å². The van der Waals surface area contributed by atoms with Gasteiger partial charge in [-0.25, -0.2) is 0 Å². The van der Waals surface area contributed by atoms with Crippen molar-refractivity contribution in [2.45, 2.75) is 64.9 Å². The number of ketones is 1. The Labute approximate surface area is 127 Å². The lowest BCUT2D eigenvalue weighted by molar-refractivity contribution is -0.127. The van der Waals surface area contributed by atoms with Crippen LogP contribution in [0.1, 0.15) is 58.8 Å². The van der Waals surface area contributed by atoms with Crippen LogP contribution in [-0.4, -0.2) is 17.0 Å². The van der Waals surface area contributed by atoms with Crippen molar-refractivity contribution in [3.05, 3.63) is 23.3 Å². The normalized spacial score (nSPS) is 48.9. The summed E-state index contributed by atoms with van der Waals surface area (Å²) in [6.45, 7) is 4.61. The van der Waals surface area contributed by atoms with E-state index in [2.05, 4.69) is 26.0 Å². The molecular weight excluding hydrogens is 260 g/mol. The van der Waals surface area contributed by atoms with Crippen LogP contribution in [0.2, 0.25) is 0 Å². The van der Waals surface area contributed by atoms with Gasteiger partial charge in [-0.15, -0.1) is 0 Å². The number of aliphatic hydroxyl groups is 1. The fourth-order valence-corrected chi connectivity index (χ4v) is 5.76. The van der Waals surface area contributed by atoms with Crippen LogP contribution in [0.3, 0.4) is 0 Å². The summed E-state index contributed by atoms with van der Waals surface area (Å²) in [6, 6.07) is 0. The Hall–Kier alpha value is -0.890. The van der Waals surface area contributed by atoms with Gasteiger partial charge in [0, 0.05) is 11.8 Å². The zero-order valence-corrected chi connectivity index (χ0v) is 13.2. The molecule has 1 N–H and O–H groups in total. The first kappa shape index (κ1) is 13.8. The average molecular weight is 286 g/mol. The second-order valence-corrected chi connectivity index (χ2v) is 8.20. The molecule has 0 spiro atoms. The van der Waals surface area contributed by atoms with Gasteiger partial charge < -0.3 is 5.11 Å². The molecule has 3 saturated carbocycles. The van der Waals surface area contributed by atoms with Gasteiger partial charge in [-0.1, -0.05) is 37.1 Å². The second-order valence-electron chi connectivity index (χ2n) is 8.20. The molecule has 3 fully saturated rings. The first-order valence-corrected chi connectivity index (χ1v) is 8.57. The van der Waals surface area contributed by atoms with E-state index in [0.717, 1.165) is 44.9 Å². The largest absolute Gasteiger partial charge is 0.393 e. The first-order valence-electron chi connectivity index (χ1n) is 8.57. The maximum absolute atomic E-state index is 12.3. The smallest absolute Gasteiger partial charge is 0.139 e. The topological polar surface area (TPSA) is 37.3 Å². The minimum absolute atomic E-state index is 0.0851. The minimum atomic E-state index is -0.152. The summed E-state index contributed by atoms with van der Waals surface area (Å²) >= 11 is 0. The van der Waals surface area contributed by atoms with Crippen LogP contribution in [0.25, 0.3) is 0 Å². The highest BCUT2D eigenvalue weighted by atomic mass is 16.3. The Morgan fingerprint density at radius 2 is 1.76 bits per heavy atom. The molecule has 0 aromatic heterocycles. The molecule has 4 aliphatic carbocycles. The molecule has 0 aromatic rings. The number of fused-ring (bicyclic) bond motifs is 5. The summed E-state index contributed by atoms with van der Waals surface area (Å²) in [7, 11) is 0. The molecule has 0 heterocycles. The molecule has 114 valence electrons. The summed E-state index contributed by atoms with van der Waals surface area (Å²) in [5.74, 6) is 1.57. The van der Waals surface area contributed by atoms with Gasteiger partial charge in [-0.2, -0.15) is 0 Å². The highest BCUT2D eigenvalue weighted by Gasteiger charge is 2.56. The summed E-state index contributed by atoms with van der Waals surface area (Å²) < 4.78 is 0. The molecule has 0 amide bonds. The highest BCUT2D eigenvalue weighted by molar-refractivity contribution is 5.88. The lowest BCUT2D eigenvalue weighted by atomic mass is 9.51. The summed E-state index contributed by atoms with van der Waals surface area (Å²) in [5, 5.41) is 9.98. The molecule has 0 radical (unpaired) electrons. The maximum Gasteiger partial charge on any atom is 0.139 e. The van der Waals surface area contributed by atoms with Crippen LogP contribution in [0.4, 0.5) is 0 Å². The summed E-state index contributed by atoms with van der Waals surface area (Å²) in [6.07, 6.45) is 11.4. The van der Waals surface area contributed by atoms with Gasteiger partial charge >= 0.3 is 0 Å². The third-order valence-corrected chi connectivity index (χ3v) is 7.26. The van der Waals surface area contributed by atoms with Crippen molar-refractivity contribution in [2.75, 3.05) is 0 Å². The van der Waals surface area contributed by atoms with E-state index in [9.17, 15) is 9.90 Å². The predicted octanol–water partition coefficient (Wildman–Crippen LogP) is 3.80. The van der Waals surface area contributed by atoms with E-state index in [1.807, 2.05) is 0 Å². The number of carbonyl (C=O) groups excluding carboxylic acids is 1. The molecule has 2 unspecified atom stereocenters. The zero-order valence-electron chi connectivity index (χ0n) is 13.2. The van der Waals surface area contributed by atoms with E-state index in [1.54, 1.807) is 5.57 Å². The molecule has 0 aliphatic heterocycles. The van der Waals surface area contributed by atoms with E-state index in [-0.39, 0.29) is 16.9 Å². The van der Waals surface area contributed by atoms with E-state index < -0.39 is 0 Å². The van der Waals surface area contributed by atoms with Gasteiger partial charge in [0.2, 0.25) is 0 Å². The van der Waals surface area contributed by atoms with E-state index in [1.165, 1.54) is 5.57 Å². The fraction of sp³-hybridized carbons (Fsp3) is 0.737. The SMILES string of the molecule is C[C@]12CC[C@H](O)CC1=CC=C1C2CC[C@]2(C)C(=O)CCC12. The van der Waals surface area contributed by atoms with Gasteiger partial charge in [-0.3, -0.25) is 4.79 Å². The number of hydrogen-bond acceptors (Lipinski definition) is 2. The molecule has 4 aliphatic rings. The number of carbonyl (C=O) groups is 1. The Morgan fingerprint density at radius 1 is 1.05 bits per heavy atom. The summed E-state index contributed by atoms with van der Waals surface area (Å²) in [4.78, 5) is 12.3. The van der Waals surface area contributed by atoms with Gasteiger partial charge in [0.15, 0.2) is 0 Å². The van der Waals surface area contributed by atoms with Gasteiger partial charge in [0.1, 0.15) is 5.78 Å². The average Bonchev–Trinajstić information content (AvgIpc) is 2.76. The van der Waals surface area contributed by atoms with E-state index >= 15 is 0 Å². The standard InChI is InChI=1S/C19H26O2/c1-18-9-7-13(20)11-12(18)3-4-14-15-5-6-17(21)19(15,2)10-8-16(14)18/h3-4,13,15-16,20H,5-11H2,1-2H3/t13-,15?,16?,18-,19-/m0/s1. The predicted molar refractivity (Wildman–Crippen MR) is 82.7 cm³/mol. The maximum atomic E-state index is 12.3. The lowest BCUT2D eigenvalue weighted by Gasteiger charge is -2.53. The first-order chi connectivity index (χ1) is 9.95. The molecular formula is C19H26O2. The quantitative estimate of drug-likeness (QED) is 0.735. The van der Waals surface area contributed by atoms with Gasteiger partial charge in [0.05, 0.1) is 6.10 Å². The highest BCUT2D eigenvalue weighted by Crippen LogP contribution is 2.62. The zero-order chi connectivity index (χ0) is 14.8. The van der Waals surface area contributed by atoms with E-state index in [4.69, 9.17) is 0 Å². The molecule has 2 nitrogen and oxygen atoms in total. The number of Topliss-reactive ketones (excluding diaryl/α,β-unsaturated/α-hetero) is 1. The molecule has 0 saturated heterocycles. The second kappa shape index (κ2) is 4.32. The molecule has 0 bridgehead atoms. The molecule has 4 rings (SSSR count). The minimum Gasteiger partial charge on any atom is -0.393 e. The Kier molecular flexibility index (Phi) is 2.83. The van der Waals surface area contributed by atoms with Gasteiger partial charge in [-0.05, 0) is 55.8 Å². The van der Waals surface area contributed by atoms with Crippen LogP contribution in [-0.2, 0) is 4.79 Å². The third-order valence-electron chi connectivity index (χ3n) is 7.26. The number of allylic oxidation sites excluding steroid dienone is 3. The number of rotatable bonds is 0. The number of aliphatic hydroxyl groups excluding tert-OH is 1. The van der Waals surface area contributed by atoms with E-state index in [0.29, 0.717) is 17.6 Å². The molecule has 2 heteroatoms. The van der Waals surface area contributed by atoms with Crippen LogP contribution in [0.5, 0.6) is 0 Å². The van der Waals surface area contributed by atoms with Crippen LogP contribution in [0.15, 0.2) is 23.3 Å². The van der Waals surface area contributed by atoms with Crippen molar-refractivity contribution in [1.29, 1.82) is 0 Å². The van der Waals surface area contributed by atoms with Crippen molar-refractivity contribution in [1.82, 2.24) is 0 Å². The molecule has 5 atom stereocenters. The Bertz CT molecular complexity index is 558. The van der Waals surface area contributed by atoms with Crippen LogP contribution >= 0.6 is 0 Å². The lowest BCUT2D eigenvalue weighted by Crippen LogP contribution is -2.46. The van der Waals surface area contributed by atoms with Crippen molar-refractivity contribution in [3.63, 3.8) is 0 Å². The van der Waals surface area contributed by atoms with Crippen LogP contribution < -0.4 is 0 Å². The Morgan fingerprint density at radius 3 is 2.57 bits per heavy atom. The molecule has 0 aromatic carbocycles. The van der Waals surface area contributed by atoms with Crippen molar-refractivity contribution >= 4 is 5.78 Å². The molecule has 21 heavy (non-hydrogen) atoms. The Balaban J connectivity index is 1.75. The van der Waals surface area contributed by atoms with Crippen molar-refractivity contribution in [3.8, 4) is 0 Å². The van der Waals surface area contributed by atoms with Crippen LogP contribution in [0, 0.1) is 22.7 Å². The fourth-order valence-electron chi connectivity index (χ4n) is 5.76. The van der Waals surface area contributed by atoms with Crippen molar-refractivity contribution in [2.24, 2.45) is 22.7 Å². The summed E-state index contributed by atoms with van der Waals surface area (Å²) in [5.41, 5.74) is 3.15. The van der Waals surface area contributed by atoms with Gasteiger partial charge in [0.25, 0.3) is 0 Å². The third kappa shape index (κ3) is 1.72. The number of hydrogen-bond donors (Lipinski definition) is 1. The monoisotopic (exact) mass is 286 g/mol.